The number of rotatable bonds is 5. The van der Waals surface area contributed by atoms with Crippen LogP contribution in [0.3, 0.4) is 0 Å². The van der Waals surface area contributed by atoms with Crippen LogP contribution in [-0.4, -0.2) is 46.8 Å². The Morgan fingerprint density at radius 2 is 1.90 bits per heavy atom. The summed E-state index contributed by atoms with van der Waals surface area (Å²) in [5, 5.41) is 4.93. The van der Waals surface area contributed by atoms with Crippen molar-refractivity contribution < 1.29 is 18.0 Å². The summed E-state index contributed by atoms with van der Waals surface area (Å²) in [6.45, 7) is 8.48. The third-order valence-electron chi connectivity index (χ3n) is 5.17. The van der Waals surface area contributed by atoms with Gasteiger partial charge in [-0.05, 0) is 37.1 Å². The Morgan fingerprint density at radius 3 is 2.52 bits per heavy atom. The van der Waals surface area contributed by atoms with E-state index in [0.717, 1.165) is 23.4 Å². The van der Waals surface area contributed by atoms with E-state index in [4.69, 9.17) is 11.6 Å². The van der Waals surface area contributed by atoms with Gasteiger partial charge in [-0.3, -0.25) is 9.48 Å². The fourth-order valence-electron chi connectivity index (χ4n) is 3.55. The number of halogens is 4. The molecule has 1 amide bonds. The van der Waals surface area contributed by atoms with Gasteiger partial charge < -0.3 is 9.80 Å². The Hall–Kier alpha value is -2.48. The molecule has 9 heteroatoms. The quantitative estimate of drug-likeness (QED) is 0.604. The van der Waals surface area contributed by atoms with Crippen molar-refractivity contribution in [2.45, 2.75) is 33.5 Å². The van der Waals surface area contributed by atoms with Crippen molar-refractivity contribution in [2.24, 2.45) is 5.92 Å². The van der Waals surface area contributed by atoms with Gasteiger partial charge in [-0.15, -0.1) is 0 Å². The van der Waals surface area contributed by atoms with Crippen LogP contribution >= 0.6 is 11.6 Å². The molecule has 1 aliphatic rings. The Morgan fingerprint density at radius 1 is 1.23 bits per heavy atom. The van der Waals surface area contributed by atoms with Crippen molar-refractivity contribution in [2.75, 3.05) is 31.1 Å². The summed E-state index contributed by atoms with van der Waals surface area (Å²) in [5.41, 5.74) is 1.32. The first-order valence-electron chi connectivity index (χ1n) is 10.2. The van der Waals surface area contributed by atoms with Crippen molar-refractivity contribution in [3.63, 3.8) is 0 Å². The number of amides is 1. The number of carbonyl (C=O) groups is 1. The summed E-state index contributed by atoms with van der Waals surface area (Å²) in [6.07, 6.45) is -1.21. The van der Waals surface area contributed by atoms with E-state index in [9.17, 15) is 18.0 Å². The first-order valence-corrected chi connectivity index (χ1v) is 10.6. The van der Waals surface area contributed by atoms with E-state index in [0.29, 0.717) is 49.5 Å². The summed E-state index contributed by atoms with van der Waals surface area (Å²) < 4.78 is 40.6. The van der Waals surface area contributed by atoms with Crippen LogP contribution in [-0.2, 0) is 17.5 Å². The number of piperazine rings is 1. The van der Waals surface area contributed by atoms with Crippen molar-refractivity contribution in [1.29, 1.82) is 0 Å². The lowest BCUT2D eigenvalue weighted by atomic mass is 10.1. The topological polar surface area (TPSA) is 41.4 Å². The summed E-state index contributed by atoms with van der Waals surface area (Å²) in [7, 11) is 0. The van der Waals surface area contributed by atoms with Crippen LogP contribution in [0.5, 0.6) is 0 Å². The molecular formula is C22H26ClF3N4O. The average Bonchev–Trinajstić information content (AvgIpc) is 2.98. The molecule has 1 fully saturated rings. The van der Waals surface area contributed by atoms with E-state index >= 15 is 0 Å². The number of aromatic nitrogens is 2. The van der Waals surface area contributed by atoms with Gasteiger partial charge in [0.2, 0.25) is 5.91 Å². The minimum Gasteiger partial charge on any atom is -0.368 e. The molecule has 2 aromatic rings. The number of hydrogen-bond donors (Lipinski definition) is 0. The molecule has 0 aliphatic carbocycles. The molecule has 1 aromatic heterocycles. The molecule has 0 spiro atoms. The number of benzene rings is 1. The number of alkyl halides is 3. The Labute approximate surface area is 185 Å². The minimum atomic E-state index is -4.37. The molecule has 0 N–H and O–H groups in total. The van der Waals surface area contributed by atoms with E-state index in [1.165, 1.54) is 12.1 Å². The number of anilines is 1. The van der Waals surface area contributed by atoms with Gasteiger partial charge in [-0.2, -0.15) is 18.3 Å². The Balaban J connectivity index is 1.62. The number of aryl methyl sites for hydroxylation is 1. The zero-order valence-corrected chi connectivity index (χ0v) is 18.5. The molecule has 1 aliphatic heterocycles. The lowest BCUT2D eigenvalue weighted by molar-refractivity contribution is -0.137. The highest BCUT2D eigenvalue weighted by molar-refractivity contribution is 6.31. The summed E-state index contributed by atoms with van der Waals surface area (Å²) in [5.74, 6) is 0.235. The van der Waals surface area contributed by atoms with Crippen LogP contribution in [0, 0.1) is 12.8 Å². The molecule has 1 aromatic carbocycles. The molecule has 168 valence electrons. The summed E-state index contributed by atoms with van der Waals surface area (Å²) >= 11 is 6.41. The second-order valence-corrected chi connectivity index (χ2v) is 8.42. The molecule has 0 atom stereocenters. The zero-order chi connectivity index (χ0) is 22.8. The summed E-state index contributed by atoms with van der Waals surface area (Å²) in [6, 6.07) is 5.28. The molecule has 2 heterocycles. The van der Waals surface area contributed by atoms with Gasteiger partial charge >= 0.3 is 6.18 Å². The lowest BCUT2D eigenvalue weighted by Crippen LogP contribution is -2.48. The normalized spacial score (nSPS) is 15.4. The second-order valence-electron chi connectivity index (χ2n) is 8.06. The fraction of sp³-hybridized carbons (Fsp3) is 0.455. The van der Waals surface area contributed by atoms with Crippen LogP contribution in [0.15, 0.2) is 30.3 Å². The first-order chi connectivity index (χ1) is 14.6. The lowest BCUT2D eigenvalue weighted by Gasteiger charge is -2.35. The van der Waals surface area contributed by atoms with Crippen LogP contribution in [0.1, 0.15) is 30.7 Å². The van der Waals surface area contributed by atoms with Gasteiger partial charge in [-0.1, -0.05) is 31.5 Å². The van der Waals surface area contributed by atoms with Crippen molar-refractivity contribution in [1.82, 2.24) is 14.7 Å². The van der Waals surface area contributed by atoms with Crippen molar-refractivity contribution >= 4 is 29.3 Å². The molecule has 31 heavy (non-hydrogen) atoms. The smallest absolute Gasteiger partial charge is 0.368 e. The largest absolute Gasteiger partial charge is 0.416 e. The maximum Gasteiger partial charge on any atom is 0.416 e. The highest BCUT2D eigenvalue weighted by Gasteiger charge is 2.31. The molecule has 1 saturated heterocycles. The number of carbonyl (C=O) groups excluding carboxylic acids is 1. The number of hydrogen-bond acceptors (Lipinski definition) is 3. The molecule has 5 nitrogen and oxygen atoms in total. The standard InChI is InChI=1S/C22H26ClF3N4O/c1-15(2)14-30-21(23)19(16(3)27-30)7-8-20(31)29-11-9-28(10-12-29)18-6-4-5-17(13-18)22(24,25)26/h4-8,13,15H,9-12,14H2,1-3H3. The molecule has 3 rings (SSSR count). The molecule has 0 saturated carbocycles. The summed E-state index contributed by atoms with van der Waals surface area (Å²) in [4.78, 5) is 16.2. The van der Waals surface area contributed by atoms with Gasteiger partial charge in [0.05, 0.1) is 11.3 Å². The molecular weight excluding hydrogens is 429 g/mol. The monoisotopic (exact) mass is 454 g/mol. The Bertz CT molecular complexity index is 960. The number of nitrogens with zero attached hydrogens (tertiary/aromatic N) is 4. The van der Waals surface area contributed by atoms with Crippen LogP contribution in [0.2, 0.25) is 5.15 Å². The van der Waals surface area contributed by atoms with Gasteiger partial charge in [0.25, 0.3) is 0 Å². The van der Waals surface area contributed by atoms with Gasteiger partial charge in [0, 0.05) is 50.1 Å². The average molecular weight is 455 g/mol. The van der Waals surface area contributed by atoms with Gasteiger partial charge in [-0.25, -0.2) is 0 Å². The van der Waals surface area contributed by atoms with Crippen LogP contribution < -0.4 is 4.90 Å². The third kappa shape index (κ3) is 5.61. The third-order valence-corrected chi connectivity index (χ3v) is 5.57. The predicted octanol–water partition coefficient (Wildman–Crippen LogP) is 4.88. The zero-order valence-electron chi connectivity index (χ0n) is 17.8. The predicted molar refractivity (Wildman–Crippen MR) is 116 cm³/mol. The molecule has 0 unspecified atom stereocenters. The van der Waals surface area contributed by atoms with Crippen molar-refractivity contribution in [3.8, 4) is 0 Å². The fourth-order valence-corrected chi connectivity index (χ4v) is 3.85. The van der Waals surface area contributed by atoms with E-state index in [2.05, 4.69) is 18.9 Å². The van der Waals surface area contributed by atoms with E-state index in [-0.39, 0.29) is 5.91 Å². The van der Waals surface area contributed by atoms with Crippen molar-refractivity contribution in [3.05, 3.63) is 52.3 Å². The second kappa shape index (κ2) is 9.34. The maximum atomic E-state index is 13.0. The van der Waals surface area contributed by atoms with Crippen LogP contribution in [0.4, 0.5) is 18.9 Å². The molecule has 0 radical (unpaired) electrons. The Kier molecular flexibility index (Phi) is 6.99. The van der Waals surface area contributed by atoms with E-state index in [1.807, 2.05) is 11.8 Å². The highest BCUT2D eigenvalue weighted by atomic mass is 35.5. The van der Waals surface area contributed by atoms with E-state index < -0.39 is 11.7 Å². The van der Waals surface area contributed by atoms with Gasteiger partial charge in [0.15, 0.2) is 0 Å². The maximum absolute atomic E-state index is 13.0. The van der Waals surface area contributed by atoms with E-state index in [1.54, 1.807) is 21.7 Å². The van der Waals surface area contributed by atoms with Gasteiger partial charge in [0.1, 0.15) is 5.15 Å². The minimum absolute atomic E-state index is 0.157. The van der Waals surface area contributed by atoms with Crippen LogP contribution in [0.25, 0.3) is 6.08 Å². The highest BCUT2D eigenvalue weighted by Crippen LogP contribution is 2.32. The first kappa shape index (κ1) is 23.2. The SMILES string of the molecule is Cc1nn(CC(C)C)c(Cl)c1C=CC(=O)N1CCN(c2cccc(C(F)(F)F)c2)CC1. The molecule has 0 bridgehead atoms.